The average Bonchev–Trinajstić information content (AvgIpc) is 3.40. The number of hydrogen-bond donors (Lipinski definition) is 1. The predicted molar refractivity (Wildman–Crippen MR) is 325 cm³/mol. The van der Waals surface area contributed by atoms with Crippen molar-refractivity contribution in [1.82, 2.24) is 0 Å². The highest BCUT2D eigenvalue weighted by Gasteiger charge is 2.16. The number of hydrogen-bond acceptors (Lipinski definition) is 5. The molecule has 0 aromatic carbocycles. The summed E-state index contributed by atoms with van der Waals surface area (Å²) in [5.74, 6) is -0.561. The predicted octanol–water partition coefficient (Wildman–Crippen LogP) is 23.4. The Morgan fingerprint density at radius 3 is 0.730 bits per heavy atom. The van der Waals surface area contributed by atoms with Crippen LogP contribution in [0.2, 0.25) is 0 Å². The molecule has 0 bridgehead atoms. The van der Waals surface area contributed by atoms with Crippen molar-refractivity contribution in [3.8, 4) is 0 Å². The van der Waals surface area contributed by atoms with Crippen molar-refractivity contribution in [3.05, 3.63) is 12.2 Å². The van der Waals surface area contributed by atoms with Crippen molar-refractivity contribution >= 4 is 11.9 Å². The summed E-state index contributed by atoms with van der Waals surface area (Å²) in [6.45, 7) is 4.22. The molecule has 1 atom stereocenters. The van der Waals surface area contributed by atoms with Gasteiger partial charge in [-0.05, 0) is 38.5 Å². The van der Waals surface area contributed by atoms with E-state index in [-0.39, 0.29) is 25.2 Å². The summed E-state index contributed by atoms with van der Waals surface area (Å²) in [6, 6.07) is 0. The molecular formula is C69H134O5. The third kappa shape index (κ3) is 63.2. The summed E-state index contributed by atoms with van der Waals surface area (Å²) in [7, 11) is 0. The van der Waals surface area contributed by atoms with Crippen LogP contribution in [0.4, 0.5) is 0 Å². The zero-order valence-electron chi connectivity index (χ0n) is 50.7. The summed E-state index contributed by atoms with van der Waals surface area (Å²) in [4.78, 5) is 24.6. The highest BCUT2D eigenvalue weighted by atomic mass is 16.6. The van der Waals surface area contributed by atoms with Crippen LogP contribution in [0.1, 0.15) is 399 Å². The molecule has 0 rings (SSSR count). The summed E-state index contributed by atoms with van der Waals surface area (Å²) in [5, 5.41) is 9.69. The van der Waals surface area contributed by atoms with E-state index in [9.17, 15) is 14.7 Å². The lowest BCUT2D eigenvalue weighted by molar-refractivity contribution is -0.161. The van der Waals surface area contributed by atoms with Gasteiger partial charge in [0.15, 0.2) is 6.10 Å². The van der Waals surface area contributed by atoms with Crippen molar-refractivity contribution in [2.24, 2.45) is 0 Å². The first-order chi connectivity index (χ1) is 36.6. The molecule has 440 valence electrons. The van der Waals surface area contributed by atoms with Gasteiger partial charge in [-0.2, -0.15) is 0 Å². The van der Waals surface area contributed by atoms with E-state index in [1.165, 1.54) is 340 Å². The van der Waals surface area contributed by atoms with Gasteiger partial charge in [0.05, 0.1) is 6.61 Å². The van der Waals surface area contributed by atoms with Gasteiger partial charge in [0.25, 0.3) is 0 Å². The quantitative estimate of drug-likeness (QED) is 0.0373. The zero-order chi connectivity index (χ0) is 53.4. The Kier molecular flexibility index (Phi) is 64.7. The minimum atomic E-state index is -0.767. The van der Waals surface area contributed by atoms with Gasteiger partial charge in [0.1, 0.15) is 6.61 Å². The fourth-order valence-electron chi connectivity index (χ4n) is 10.9. The standard InChI is InChI=1S/C69H134O5/c1-3-5-7-9-11-13-15-17-19-21-23-25-27-29-31-33-34-36-38-40-42-44-46-48-50-52-54-56-58-60-62-64-69(72)74-67(65-70)66-73-68(71)63-61-59-57-55-53-51-49-47-45-43-41-39-37-35-32-30-28-26-24-22-20-18-16-14-12-10-8-6-4-2/h21,23,67,70H,3-20,22,24-66H2,1-2H3/b23-21-. The van der Waals surface area contributed by atoms with Crippen molar-refractivity contribution in [3.63, 3.8) is 0 Å². The van der Waals surface area contributed by atoms with E-state index in [0.29, 0.717) is 12.8 Å². The van der Waals surface area contributed by atoms with Gasteiger partial charge in [-0.15, -0.1) is 0 Å². The second-order valence-corrected chi connectivity index (χ2v) is 23.6. The van der Waals surface area contributed by atoms with Gasteiger partial charge in [-0.3, -0.25) is 9.59 Å². The molecule has 1 unspecified atom stereocenters. The Labute approximate surface area is 464 Å². The number of aliphatic hydroxyl groups is 1. The SMILES string of the molecule is CCCCCCCCCC/C=C\CCCCCCCCCCCCCCCCCCCCCC(=O)OC(CO)COC(=O)CCCCCCCCCCCCCCCCCCCCCCCCCCCCCCC. The number of aliphatic hydroxyl groups excluding tert-OH is 1. The molecule has 0 saturated carbocycles. The molecule has 0 aliphatic carbocycles. The van der Waals surface area contributed by atoms with Crippen LogP contribution in [0, 0.1) is 0 Å². The molecule has 0 aliphatic heterocycles. The van der Waals surface area contributed by atoms with E-state index >= 15 is 0 Å². The molecule has 0 aromatic heterocycles. The second kappa shape index (κ2) is 65.9. The van der Waals surface area contributed by atoms with Gasteiger partial charge in [-0.1, -0.05) is 360 Å². The first-order valence-corrected chi connectivity index (χ1v) is 34.2. The molecule has 5 heteroatoms. The molecule has 0 aliphatic rings. The minimum Gasteiger partial charge on any atom is -0.462 e. The van der Waals surface area contributed by atoms with Gasteiger partial charge in [0, 0.05) is 12.8 Å². The zero-order valence-corrected chi connectivity index (χ0v) is 50.7. The number of carbonyl (C=O) groups excluding carboxylic acids is 2. The molecule has 74 heavy (non-hydrogen) atoms. The van der Waals surface area contributed by atoms with Crippen molar-refractivity contribution in [2.75, 3.05) is 13.2 Å². The Morgan fingerprint density at radius 2 is 0.500 bits per heavy atom. The van der Waals surface area contributed by atoms with Crippen molar-refractivity contribution in [2.45, 2.75) is 405 Å². The maximum Gasteiger partial charge on any atom is 0.306 e. The van der Waals surface area contributed by atoms with Crippen molar-refractivity contribution in [1.29, 1.82) is 0 Å². The van der Waals surface area contributed by atoms with Crippen molar-refractivity contribution < 1.29 is 24.2 Å². The fraction of sp³-hybridized carbons (Fsp3) is 0.942. The number of allylic oxidation sites excluding steroid dienone is 2. The normalized spacial score (nSPS) is 12.1. The topological polar surface area (TPSA) is 72.8 Å². The van der Waals surface area contributed by atoms with Gasteiger partial charge < -0.3 is 14.6 Å². The maximum absolute atomic E-state index is 12.4. The van der Waals surface area contributed by atoms with E-state index in [0.717, 1.165) is 32.1 Å². The highest BCUT2D eigenvalue weighted by molar-refractivity contribution is 5.70. The third-order valence-electron chi connectivity index (χ3n) is 16.1. The summed E-state index contributed by atoms with van der Waals surface area (Å²) in [6.07, 6.45) is 83.9. The lowest BCUT2D eigenvalue weighted by atomic mass is 10.0. The number of ether oxygens (including phenoxy) is 2. The largest absolute Gasteiger partial charge is 0.462 e. The summed E-state index contributed by atoms with van der Waals surface area (Å²) in [5.41, 5.74) is 0. The number of rotatable bonds is 65. The van der Waals surface area contributed by atoms with Gasteiger partial charge in [-0.25, -0.2) is 0 Å². The summed E-state index contributed by atoms with van der Waals surface area (Å²) >= 11 is 0. The Balaban J connectivity index is 3.37. The lowest BCUT2D eigenvalue weighted by Crippen LogP contribution is -2.28. The Morgan fingerprint density at radius 1 is 0.297 bits per heavy atom. The molecule has 0 aromatic rings. The first-order valence-electron chi connectivity index (χ1n) is 34.2. The molecule has 0 radical (unpaired) electrons. The van der Waals surface area contributed by atoms with Crippen LogP contribution in [0.25, 0.3) is 0 Å². The molecule has 0 amide bonds. The number of esters is 2. The fourth-order valence-corrected chi connectivity index (χ4v) is 10.9. The third-order valence-corrected chi connectivity index (χ3v) is 16.1. The van der Waals surface area contributed by atoms with E-state index in [1.54, 1.807) is 0 Å². The average molecular weight is 1040 g/mol. The molecule has 0 fully saturated rings. The Bertz CT molecular complexity index is 1090. The van der Waals surface area contributed by atoms with Crippen LogP contribution in [0.3, 0.4) is 0 Å². The van der Waals surface area contributed by atoms with Gasteiger partial charge in [0.2, 0.25) is 0 Å². The number of carbonyl (C=O) groups is 2. The smallest absolute Gasteiger partial charge is 0.306 e. The van der Waals surface area contributed by atoms with Crippen LogP contribution in [0.5, 0.6) is 0 Å². The lowest BCUT2D eigenvalue weighted by Gasteiger charge is -2.15. The molecule has 0 spiro atoms. The molecule has 5 nitrogen and oxygen atoms in total. The first kappa shape index (κ1) is 72.6. The molecular weight excluding hydrogens is 909 g/mol. The molecule has 0 heterocycles. The number of unbranched alkanes of at least 4 members (excludes halogenated alkanes) is 55. The van der Waals surface area contributed by atoms with Crippen LogP contribution >= 0.6 is 0 Å². The van der Waals surface area contributed by atoms with E-state index in [2.05, 4.69) is 26.0 Å². The van der Waals surface area contributed by atoms with E-state index in [4.69, 9.17) is 9.47 Å². The van der Waals surface area contributed by atoms with E-state index < -0.39 is 6.10 Å². The molecule has 1 N–H and O–H groups in total. The molecule has 0 saturated heterocycles. The maximum atomic E-state index is 12.4. The minimum absolute atomic E-state index is 0.0567. The Hall–Kier alpha value is -1.36. The van der Waals surface area contributed by atoms with E-state index in [1.807, 2.05) is 0 Å². The van der Waals surface area contributed by atoms with Crippen LogP contribution < -0.4 is 0 Å². The van der Waals surface area contributed by atoms with Gasteiger partial charge >= 0.3 is 11.9 Å². The monoisotopic (exact) mass is 1040 g/mol. The summed E-state index contributed by atoms with van der Waals surface area (Å²) < 4.78 is 10.8. The van der Waals surface area contributed by atoms with Crippen LogP contribution in [0.15, 0.2) is 12.2 Å². The van der Waals surface area contributed by atoms with Crippen LogP contribution in [-0.4, -0.2) is 36.4 Å². The second-order valence-electron chi connectivity index (χ2n) is 23.6. The van der Waals surface area contributed by atoms with Crippen LogP contribution in [-0.2, 0) is 19.1 Å². The highest BCUT2D eigenvalue weighted by Crippen LogP contribution is 2.19.